The van der Waals surface area contributed by atoms with Crippen LogP contribution in [0.25, 0.3) is 0 Å². The molecule has 0 aromatic rings. The molecular weight excluding hydrogens is 204 g/mol. The summed E-state index contributed by atoms with van der Waals surface area (Å²) >= 11 is 1.92. The van der Waals surface area contributed by atoms with Crippen LogP contribution in [0.5, 0.6) is 0 Å². The van der Waals surface area contributed by atoms with E-state index in [1.54, 1.807) is 0 Å². The number of nitrogens with zero attached hydrogens (tertiary/aromatic N) is 1. The molecule has 4 unspecified atom stereocenters. The van der Waals surface area contributed by atoms with Crippen molar-refractivity contribution in [3.63, 3.8) is 0 Å². The van der Waals surface area contributed by atoms with Crippen LogP contribution < -0.4 is 5.32 Å². The third-order valence-electron chi connectivity index (χ3n) is 3.47. The third-order valence-corrected chi connectivity index (χ3v) is 4.51. The molecule has 1 aliphatic carbocycles. The molecule has 2 fully saturated rings. The molecule has 1 heterocycles. The molecule has 3 heteroatoms. The molecule has 0 spiro atoms. The molecule has 0 amide bonds. The second-order valence-corrected chi connectivity index (χ2v) is 6.55. The fourth-order valence-electron chi connectivity index (χ4n) is 2.58. The molecule has 4 atom stereocenters. The first-order chi connectivity index (χ1) is 7.15. The molecule has 0 aromatic carbocycles. The number of amidine groups is 1. The van der Waals surface area contributed by atoms with Crippen molar-refractivity contribution in [2.24, 2.45) is 10.9 Å². The van der Waals surface area contributed by atoms with Crippen molar-refractivity contribution < 1.29 is 0 Å². The van der Waals surface area contributed by atoms with Gasteiger partial charge in [-0.2, -0.15) is 0 Å². The van der Waals surface area contributed by atoms with Crippen LogP contribution in [0, 0.1) is 5.92 Å². The van der Waals surface area contributed by atoms with E-state index in [2.05, 4.69) is 26.1 Å². The van der Waals surface area contributed by atoms with Gasteiger partial charge in [-0.15, -0.1) is 0 Å². The summed E-state index contributed by atoms with van der Waals surface area (Å²) in [5.74, 6) is 0.785. The number of hydrogen-bond acceptors (Lipinski definition) is 2. The van der Waals surface area contributed by atoms with Gasteiger partial charge in [-0.05, 0) is 32.1 Å². The number of rotatable bonds is 1. The van der Waals surface area contributed by atoms with Crippen molar-refractivity contribution in [1.29, 1.82) is 0 Å². The summed E-state index contributed by atoms with van der Waals surface area (Å²) in [6.07, 6.45) is 5.26. The Bertz CT molecular complexity index is 240. The molecule has 0 aromatic heterocycles. The number of nitrogens with one attached hydrogen (secondary N) is 1. The molecule has 1 saturated carbocycles. The highest BCUT2D eigenvalue weighted by molar-refractivity contribution is 8.14. The van der Waals surface area contributed by atoms with E-state index < -0.39 is 0 Å². The Morgan fingerprint density at radius 2 is 2.07 bits per heavy atom. The van der Waals surface area contributed by atoms with Crippen LogP contribution >= 0.6 is 11.8 Å². The van der Waals surface area contributed by atoms with Gasteiger partial charge in [0.2, 0.25) is 0 Å². The standard InChI is InChI=1S/C12H22N2S/c1-8-5-4-6-11(8)14-12-13-9(2)7-10(3)15-12/h8-11H,4-7H2,1-3H3,(H,13,14). The Labute approximate surface area is 97.3 Å². The molecule has 2 aliphatic rings. The average molecular weight is 226 g/mol. The Kier molecular flexibility index (Phi) is 3.60. The van der Waals surface area contributed by atoms with Gasteiger partial charge in [-0.25, -0.2) is 0 Å². The SMILES string of the molecule is CC1CC(C)SC(=NC2CCCC2C)N1. The fourth-order valence-corrected chi connectivity index (χ4v) is 3.81. The van der Waals surface area contributed by atoms with Crippen LogP contribution in [0.2, 0.25) is 0 Å². The molecule has 1 saturated heterocycles. The summed E-state index contributed by atoms with van der Waals surface area (Å²) in [6, 6.07) is 1.18. The molecule has 15 heavy (non-hydrogen) atoms. The highest BCUT2D eigenvalue weighted by Crippen LogP contribution is 2.30. The summed E-state index contributed by atoms with van der Waals surface area (Å²) in [5.41, 5.74) is 0. The zero-order chi connectivity index (χ0) is 10.8. The Morgan fingerprint density at radius 1 is 1.27 bits per heavy atom. The van der Waals surface area contributed by atoms with E-state index in [-0.39, 0.29) is 0 Å². The zero-order valence-corrected chi connectivity index (χ0v) is 10.8. The quantitative estimate of drug-likeness (QED) is 0.743. The first-order valence-electron chi connectivity index (χ1n) is 6.16. The molecular formula is C12H22N2S. The van der Waals surface area contributed by atoms with Gasteiger partial charge in [0.15, 0.2) is 5.17 Å². The molecule has 1 aliphatic heterocycles. The summed E-state index contributed by atoms with van der Waals surface area (Å²) < 4.78 is 0. The molecule has 2 nitrogen and oxygen atoms in total. The van der Waals surface area contributed by atoms with Gasteiger partial charge in [0.1, 0.15) is 0 Å². The van der Waals surface area contributed by atoms with E-state index in [9.17, 15) is 0 Å². The second kappa shape index (κ2) is 4.77. The van der Waals surface area contributed by atoms with Gasteiger partial charge in [-0.1, -0.05) is 32.0 Å². The Morgan fingerprint density at radius 3 is 2.67 bits per heavy atom. The summed E-state index contributed by atoms with van der Waals surface area (Å²) in [5, 5.41) is 5.42. The van der Waals surface area contributed by atoms with E-state index in [0.717, 1.165) is 11.2 Å². The molecule has 1 N–H and O–H groups in total. The smallest absolute Gasteiger partial charge is 0.157 e. The van der Waals surface area contributed by atoms with Gasteiger partial charge in [0.05, 0.1) is 6.04 Å². The Balaban J connectivity index is 1.99. The maximum atomic E-state index is 4.89. The van der Waals surface area contributed by atoms with Crippen LogP contribution in [0.1, 0.15) is 46.5 Å². The largest absolute Gasteiger partial charge is 0.362 e. The lowest BCUT2D eigenvalue weighted by atomic mass is 10.1. The molecule has 0 radical (unpaired) electrons. The minimum absolute atomic E-state index is 0.581. The van der Waals surface area contributed by atoms with Crippen molar-refractivity contribution in [3.8, 4) is 0 Å². The lowest BCUT2D eigenvalue weighted by Gasteiger charge is -2.28. The van der Waals surface area contributed by atoms with E-state index in [4.69, 9.17) is 4.99 Å². The van der Waals surface area contributed by atoms with Crippen LogP contribution in [0.15, 0.2) is 4.99 Å². The van der Waals surface area contributed by atoms with E-state index in [1.807, 2.05) is 11.8 Å². The topological polar surface area (TPSA) is 24.4 Å². The van der Waals surface area contributed by atoms with Crippen LogP contribution in [0.4, 0.5) is 0 Å². The first kappa shape index (κ1) is 11.3. The zero-order valence-electron chi connectivity index (χ0n) is 9.99. The van der Waals surface area contributed by atoms with Crippen LogP contribution in [-0.4, -0.2) is 22.5 Å². The number of thioether (sulfide) groups is 1. The van der Waals surface area contributed by atoms with Gasteiger partial charge in [-0.3, -0.25) is 4.99 Å². The van der Waals surface area contributed by atoms with Crippen molar-refractivity contribution in [1.82, 2.24) is 5.32 Å². The van der Waals surface area contributed by atoms with Gasteiger partial charge >= 0.3 is 0 Å². The highest BCUT2D eigenvalue weighted by atomic mass is 32.2. The minimum Gasteiger partial charge on any atom is -0.362 e. The maximum absolute atomic E-state index is 4.89. The number of hydrogen-bond donors (Lipinski definition) is 1. The lowest BCUT2D eigenvalue weighted by molar-refractivity contribution is 0.524. The van der Waals surface area contributed by atoms with Crippen molar-refractivity contribution in [2.75, 3.05) is 0 Å². The minimum atomic E-state index is 0.581. The van der Waals surface area contributed by atoms with Crippen LogP contribution in [-0.2, 0) is 0 Å². The summed E-state index contributed by atoms with van der Waals surface area (Å²) in [6.45, 7) is 6.89. The predicted octanol–water partition coefficient (Wildman–Crippen LogP) is 3.03. The van der Waals surface area contributed by atoms with Crippen LogP contribution in [0.3, 0.4) is 0 Å². The van der Waals surface area contributed by atoms with Crippen molar-refractivity contribution in [3.05, 3.63) is 0 Å². The maximum Gasteiger partial charge on any atom is 0.157 e. The second-order valence-electron chi connectivity index (χ2n) is 5.12. The summed E-state index contributed by atoms with van der Waals surface area (Å²) in [4.78, 5) is 4.89. The number of aliphatic imine (C=N–C) groups is 1. The highest BCUT2D eigenvalue weighted by Gasteiger charge is 2.25. The molecule has 86 valence electrons. The normalized spacial score (nSPS) is 44.3. The molecule has 2 rings (SSSR count). The van der Waals surface area contributed by atoms with E-state index >= 15 is 0 Å². The fraction of sp³-hybridized carbons (Fsp3) is 0.917. The third kappa shape index (κ3) is 2.90. The predicted molar refractivity (Wildman–Crippen MR) is 68.5 cm³/mol. The van der Waals surface area contributed by atoms with E-state index in [0.29, 0.717) is 12.1 Å². The molecule has 0 bridgehead atoms. The average Bonchev–Trinajstić information content (AvgIpc) is 2.50. The van der Waals surface area contributed by atoms with Gasteiger partial charge in [0.25, 0.3) is 0 Å². The monoisotopic (exact) mass is 226 g/mol. The van der Waals surface area contributed by atoms with Gasteiger partial charge in [0, 0.05) is 11.3 Å². The first-order valence-corrected chi connectivity index (χ1v) is 7.04. The van der Waals surface area contributed by atoms with E-state index in [1.165, 1.54) is 30.9 Å². The lowest BCUT2D eigenvalue weighted by Crippen LogP contribution is -2.39. The summed E-state index contributed by atoms with van der Waals surface area (Å²) in [7, 11) is 0. The van der Waals surface area contributed by atoms with Crippen molar-refractivity contribution in [2.45, 2.75) is 63.8 Å². The van der Waals surface area contributed by atoms with Gasteiger partial charge < -0.3 is 5.32 Å². The van der Waals surface area contributed by atoms with Crippen molar-refractivity contribution >= 4 is 16.9 Å². The Hall–Kier alpha value is -0.180.